The Morgan fingerprint density at radius 3 is 2.76 bits per heavy atom. The van der Waals surface area contributed by atoms with Crippen molar-refractivity contribution in [1.82, 2.24) is 14.9 Å². The molecule has 4 N–H and O–H groups in total. The molecule has 1 aliphatic rings. The summed E-state index contributed by atoms with van der Waals surface area (Å²) in [6.07, 6.45) is 1.04. The van der Waals surface area contributed by atoms with Crippen molar-refractivity contribution in [2.24, 2.45) is 0 Å². The summed E-state index contributed by atoms with van der Waals surface area (Å²) >= 11 is 0. The highest BCUT2D eigenvalue weighted by molar-refractivity contribution is 5.76. The maximum Gasteiger partial charge on any atom is 0.330 e. The molecule has 1 saturated heterocycles. The summed E-state index contributed by atoms with van der Waals surface area (Å²) in [7, 11) is 0. The Labute approximate surface area is 144 Å². The van der Waals surface area contributed by atoms with Crippen LogP contribution in [0.3, 0.4) is 0 Å². The molecule has 1 amide bonds. The predicted octanol–water partition coefficient (Wildman–Crippen LogP) is -0.839. The first kappa shape index (κ1) is 19.4. The van der Waals surface area contributed by atoms with Gasteiger partial charge in [-0.25, -0.2) is 4.79 Å². The number of nitrogens with zero attached hydrogens (tertiary/aromatic N) is 1. The summed E-state index contributed by atoms with van der Waals surface area (Å²) in [4.78, 5) is 37.6. The summed E-state index contributed by atoms with van der Waals surface area (Å²) in [6.45, 7) is 3.12. The number of aryl methyl sites for hydroxylation is 1. The van der Waals surface area contributed by atoms with Crippen LogP contribution in [0.15, 0.2) is 15.8 Å². The van der Waals surface area contributed by atoms with E-state index in [1.165, 1.54) is 13.1 Å². The molecule has 140 valence electrons. The topological polar surface area (TPSA) is 134 Å². The minimum Gasteiger partial charge on any atom is -0.394 e. The largest absolute Gasteiger partial charge is 0.394 e. The maximum absolute atomic E-state index is 12.0. The fourth-order valence-electron chi connectivity index (χ4n) is 2.88. The van der Waals surface area contributed by atoms with Gasteiger partial charge in [0.05, 0.1) is 12.6 Å². The zero-order valence-electron chi connectivity index (χ0n) is 14.4. The zero-order valence-corrected chi connectivity index (χ0v) is 14.4. The van der Waals surface area contributed by atoms with Crippen LogP contribution < -0.4 is 16.6 Å². The molecule has 4 atom stereocenters. The number of ether oxygens (including phenoxy) is 1. The number of carbonyl (C=O) groups is 1. The van der Waals surface area contributed by atoms with Gasteiger partial charge in [-0.15, -0.1) is 0 Å². The number of H-pyrrole nitrogens is 1. The molecule has 1 fully saturated rings. The van der Waals surface area contributed by atoms with Crippen LogP contribution in [0.5, 0.6) is 0 Å². The van der Waals surface area contributed by atoms with Crippen molar-refractivity contribution in [3.05, 3.63) is 32.6 Å². The van der Waals surface area contributed by atoms with Crippen LogP contribution in [0.2, 0.25) is 0 Å². The van der Waals surface area contributed by atoms with E-state index in [0.717, 1.165) is 23.8 Å². The molecule has 0 aromatic carbocycles. The average Bonchev–Trinajstić information content (AvgIpc) is 2.87. The molecule has 2 rings (SSSR count). The van der Waals surface area contributed by atoms with Crippen LogP contribution in [-0.2, 0) is 9.53 Å². The third-order valence-corrected chi connectivity index (χ3v) is 4.31. The fraction of sp³-hybridized carbons (Fsp3) is 0.688. The predicted molar refractivity (Wildman–Crippen MR) is 89.1 cm³/mol. The van der Waals surface area contributed by atoms with E-state index < -0.39 is 42.3 Å². The lowest BCUT2D eigenvalue weighted by atomic mass is 10.1. The van der Waals surface area contributed by atoms with Crippen molar-refractivity contribution in [3.8, 4) is 0 Å². The summed E-state index contributed by atoms with van der Waals surface area (Å²) in [5.41, 5.74) is -0.970. The molecule has 1 aliphatic heterocycles. The molecular weight excluding hydrogens is 330 g/mol. The van der Waals surface area contributed by atoms with Crippen LogP contribution in [0, 0.1) is 6.92 Å². The number of hydrogen-bond acceptors (Lipinski definition) is 6. The average molecular weight is 355 g/mol. The van der Waals surface area contributed by atoms with E-state index in [1.807, 2.05) is 6.92 Å². The van der Waals surface area contributed by atoms with Gasteiger partial charge in [0, 0.05) is 18.2 Å². The second-order valence-electron chi connectivity index (χ2n) is 6.27. The van der Waals surface area contributed by atoms with Crippen molar-refractivity contribution in [2.75, 3.05) is 6.61 Å². The number of amides is 1. The lowest BCUT2D eigenvalue weighted by molar-refractivity contribution is -0.123. The van der Waals surface area contributed by atoms with Crippen molar-refractivity contribution in [1.29, 1.82) is 0 Å². The Morgan fingerprint density at radius 1 is 1.40 bits per heavy atom. The van der Waals surface area contributed by atoms with Gasteiger partial charge >= 0.3 is 5.69 Å². The Balaban J connectivity index is 2.16. The Kier molecular flexibility index (Phi) is 6.51. The minimum absolute atomic E-state index is 0.245. The molecule has 2 heterocycles. The van der Waals surface area contributed by atoms with Gasteiger partial charge in [-0.2, -0.15) is 0 Å². The van der Waals surface area contributed by atoms with Gasteiger partial charge in [0.15, 0.2) is 6.23 Å². The zero-order chi connectivity index (χ0) is 18.6. The molecular formula is C16H25N3O6. The highest BCUT2D eigenvalue weighted by atomic mass is 16.5. The van der Waals surface area contributed by atoms with Crippen molar-refractivity contribution in [3.63, 3.8) is 0 Å². The van der Waals surface area contributed by atoms with E-state index in [0.29, 0.717) is 6.42 Å². The third-order valence-electron chi connectivity index (χ3n) is 4.31. The first-order valence-electron chi connectivity index (χ1n) is 8.44. The van der Waals surface area contributed by atoms with E-state index in [1.54, 1.807) is 0 Å². The van der Waals surface area contributed by atoms with Crippen LogP contribution in [0.25, 0.3) is 0 Å². The standard InChI is InChI=1S/C16H25N3O6/c1-3-4-5-6-11(21)17-12-10(8-20)25-15(13(12)22)19-7-9(2)14(23)18-16(19)24/h7,10,12-13,15,20,22H,3-6,8H2,1-2H3,(H,17,21)(H,18,23,24)/t10-,12-,13-,15-/m1/s1. The second-order valence-corrected chi connectivity index (χ2v) is 6.27. The molecule has 0 unspecified atom stereocenters. The van der Waals surface area contributed by atoms with Gasteiger partial charge in [-0.05, 0) is 13.3 Å². The number of aromatic amines is 1. The molecule has 0 spiro atoms. The number of unbranched alkanes of at least 4 members (excludes halogenated alkanes) is 2. The number of aliphatic hydroxyl groups is 2. The highest BCUT2D eigenvalue weighted by Crippen LogP contribution is 2.28. The van der Waals surface area contributed by atoms with Crippen LogP contribution in [0.4, 0.5) is 0 Å². The number of carbonyl (C=O) groups excluding carboxylic acids is 1. The third kappa shape index (κ3) is 4.36. The molecule has 1 aromatic rings. The summed E-state index contributed by atoms with van der Waals surface area (Å²) in [6, 6.07) is -0.844. The van der Waals surface area contributed by atoms with E-state index >= 15 is 0 Å². The Hall–Kier alpha value is -1.97. The fourth-order valence-corrected chi connectivity index (χ4v) is 2.88. The van der Waals surface area contributed by atoms with Gasteiger partial charge in [-0.3, -0.25) is 19.1 Å². The molecule has 9 heteroatoms. The lowest BCUT2D eigenvalue weighted by Crippen LogP contribution is -2.48. The number of rotatable bonds is 7. The van der Waals surface area contributed by atoms with Gasteiger partial charge < -0.3 is 20.3 Å². The van der Waals surface area contributed by atoms with Gasteiger partial charge in [0.1, 0.15) is 12.2 Å². The Bertz CT molecular complexity index is 713. The monoisotopic (exact) mass is 355 g/mol. The number of nitrogens with one attached hydrogen (secondary N) is 2. The smallest absolute Gasteiger partial charge is 0.330 e. The first-order chi connectivity index (χ1) is 11.9. The summed E-state index contributed by atoms with van der Waals surface area (Å²) in [5, 5.41) is 22.7. The number of aromatic nitrogens is 2. The highest BCUT2D eigenvalue weighted by Gasteiger charge is 2.45. The summed E-state index contributed by atoms with van der Waals surface area (Å²) < 4.78 is 6.61. The molecule has 0 radical (unpaired) electrons. The summed E-state index contributed by atoms with van der Waals surface area (Å²) in [5.74, 6) is -0.245. The first-order valence-corrected chi connectivity index (χ1v) is 8.44. The molecule has 0 saturated carbocycles. The Morgan fingerprint density at radius 2 is 2.12 bits per heavy atom. The normalized spacial score (nSPS) is 25.9. The quantitative estimate of drug-likeness (QED) is 0.471. The molecule has 9 nitrogen and oxygen atoms in total. The lowest BCUT2D eigenvalue weighted by Gasteiger charge is -2.21. The maximum atomic E-state index is 12.0. The van der Waals surface area contributed by atoms with Gasteiger partial charge in [0.2, 0.25) is 5.91 Å². The molecule has 1 aromatic heterocycles. The molecule has 0 bridgehead atoms. The van der Waals surface area contributed by atoms with Gasteiger partial charge in [-0.1, -0.05) is 19.8 Å². The minimum atomic E-state index is -1.24. The SMILES string of the molecule is CCCCCC(=O)N[C@H]1[C@@H](O)[C@H](n2cc(C)c(=O)[nH]c2=O)O[C@@H]1CO. The van der Waals surface area contributed by atoms with Crippen LogP contribution in [-0.4, -0.2) is 50.5 Å². The van der Waals surface area contributed by atoms with Crippen LogP contribution >= 0.6 is 0 Å². The second kappa shape index (κ2) is 8.41. The van der Waals surface area contributed by atoms with E-state index in [-0.39, 0.29) is 11.5 Å². The van der Waals surface area contributed by atoms with Crippen LogP contribution in [0.1, 0.15) is 44.4 Å². The van der Waals surface area contributed by atoms with Crippen molar-refractivity contribution in [2.45, 2.75) is 64.0 Å². The number of aliphatic hydroxyl groups excluding tert-OH is 2. The van der Waals surface area contributed by atoms with Gasteiger partial charge in [0.25, 0.3) is 5.56 Å². The van der Waals surface area contributed by atoms with Crippen molar-refractivity contribution >= 4 is 5.91 Å². The molecule has 25 heavy (non-hydrogen) atoms. The van der Waals surface area contributed by atoms with Crippen molar-refractivity contribution < 1.29 is 19.7 Å². The van der Waals surface area contributed by atoms with E-state index in [4.69, 9.17) is 4.74 Å². The van der Waals surface area contributed by atoms with E-state index in [9.17, 15) is 24.6 Å². The number of hydrogen-bond donors (Lipinski definition) is 4. The molecule has 0 aliphatic carbocycles. The van der Waals surface area contributed by atoms with E-state index in [2.05, 4.69) is 10.3 Å².